The molecule has 0 aliphatic carbocycles. The van der Waals surface area contributed by atoms with Crippen LogP contribution in [0.3, 0.4) is 0 Å². The normalized spacial score (nSPS) is 12.0. The van der Waals surface area contributed by atoms with E-state index in [1.54, 1.807) is 12.1 Å². The first-order valence-electron chi connectivity index (χ1n) is 6.14. The quantitative estimate of drug-likeness (QED) is 0.524. The van der Waals surface area contributed by atoms with Crippen molar-refractivity contribution in [2.75, 3.05) is 0 Å². The standard InChI is InChI=1S/C15H13ClFN3S/c16-13-8-4-7-12(14(13)17)9-19-20-15(18)21-10-11-5-2-1-3-6-11/h1-9H,10H2,(H2,18,20). The maximum absolute atomic E-state index is 13.6. The smallest absolute Gasteiger partial charge is 0.180 e. The van der Waals surface area contributed by atoms with Crippen LogP contribution < -0.4 is 5.73 Å². The van der Waals surface area contributed by atoms with Gasteiger partial charge in [-0.05, 0) is 11.6 Å². The fourth-order valence-electron chi connectivity index (χ4n) is 1.53. The molecule has 21 heavy (non-hydrogen) atoms. The van der Waals surface area contributed by atoms with Crippen LogP contribution in [0.4, 0.5) is 4.39 Å². The number of nitrogens with zero attached hydrogens (tertiary/aromatic N) is 2. The molecule has 0 spiro atoms. The summed E-state index contributed by atoms with van der Waals surface area (Å²) in [6.45, 7) is 0. The number of benzene rings is 2. The number of amidine groups is 1. The predicted molar refractivity (Wildman–Crippen MR) is 88.4 cm³/mol. The van der Waals surface area contributed by atoms with Crippen LogP contribution >= 0.6 is 23.4 Å². The van der Waals surface area contributed by atoms with Gasteiger partial charge in [-0.15, -0.1) is 5.10 Å². The van der Waals surface area contributed by atoms with Crippen molar-refractivity contribution in [3.8, 4) is 0 Å². The Morgan fingerprint density at radius 1 is 1.19 bits per heavy atom. The topological polar surface area (TPSA) is 50.7 Å². The highest BCUT2D eigenvalue weighted by molar-refractivity contribution is 8.13. The van der Waals surface area contributed by atoms with E-state index in [0.29, 0.717) is 10.9 Å². The second kappa shape index (κ2) is 7.81. The van der Waals surface area contributed by atoms with Crippen LogP contribution in [0.25, 0.3) is 0 Å². The molecule has 2 rings (SSSR count). The van der Waals surface area contributed by atoms with E-state index in [4.69, 9.17) is 17.3 Å². The largest absolute Gasteiger partial charge is 0.377 e. The Kier molecular flexibility index (Phi) is 5.78. The van der Waals surface area contributed by atoms with Crippen LogP contribution in [0.1, 0.15) is 11.1 Å². The van der Waals surface area contributed by atoms with Gasteiger partial charge in [0.1, 0.15) is 0 Å². The molecule has 3 nitrogen and oxygen atoms in total. The monoisotopic (exact) mass is 321 g/mol. The lowest BCUT2D eigenvalue weighted by Gasteiger charge is -1.99. The molecule has 0 amide bonds. The Morgan fingerprint density at radius 3 is 2.71 bits per heavy atom. The summed E-state index contributed by atoms with van der Waals surface area (Å²) in [5, 5.41) is 7.96. The molecular formula is C15H13ClFN3S. The minimum Gasteiger partial charge on any atom is -0.377 e. The van der Waals surface area contributed by atoms with Crippen molar-refractivity contribution in [3.63, 3.8) is 0 Å². The first kappa shape index (κ1) is 15.5. The molecule has 2 N–H and O–H groups in total. The molecule has 108 valence electrons. The molecule has 0 radical (unpaired) electrons. The van der Waals surface area contributed by atoms with E-state index in [1.165, 1.54) is 24.0 Å². The van der Waals surface area contributed by atoms with Crippen LogP contribution in [-0.2, 0) is 5.75 Å². The molecule has 0 fully saturated rings. The second-order valence-corrected chi connectivity index (χ2v) is 5.50. The molecule has 0 bridgehead atoms. The Hall–Kier alpha value is -1.85. The number of hydrogen-bond donors (Lipinski definition) is 1. The van der Waals surface area contributed by atoms with Crippen molar-refractivity contribution in [2.24, 2.45) is 15.9 Å². The van der Waals surface area contributed by atoms with E-state index < -0.39 is 5.82 Å². The Balaban J connectivity index is 1.94. The Bertz CT molecular complexity index is 659. The third kappa shape index (κ3) is 4.88. The van der Waals surface area contributed by atoms with Crippen molar-refractivity contribution in [3.05, 3.63) is 70.5 Å². The Labute approximate surface area is 131 Å². The molecular weight excluding hydrogens is 309 g/mol. The number of halogens is 2. The minimum atomic E-state index is -0.520. The van der Waals surface area contributed by atoms with E-state index in [1.807, 2.05) is 30.3 Å². The average Bonchev–Trinajstić information content (AvgIpc) is 2.50. The number of hydrogen-bond acceptors (Lipinski definition) is 3. The molecule has 2 aromatic rings. The molecule has 0 aromatic heterocycles. The Morgan fingerprint density at radius 2 is 1.95 bits per heavy atom. The predicted octanol–water partition coefficient (Wildman–Crippen LogP) is 4.06. The van der Waals surface area contributed by atoms with Crippen LogP contribution in [0, 0.1) is 5.82 Å². The summed E-state index contributed by atoms with van der Waals surface area (Å²) in [7, 11) is 0. The molecule has 0 unspecified atom stereocenters. The third-order valence-electron chi connectivity index (χ3n) is 2.56. The summed E-state index contributed by atoms with van der Waals surface area (Å²) in [5.74, 6) is 0.186. The molecule has 0 saturated carbocycles. The van der Waals surface area contributed by atoms with E-state index in [0.717, 1.165) is 5.56 Å². The molecule has 0 heterocycles. The van der Waals surface area contributed by atoms with E-state index in [2.05, 4.69) is 10.2 Å². The lowest BCUT2D eigenvalue weighted by molar-refractivity contribution is 0.626. The molecule has 0 saturated heterocycles. The highest BCUT2D eigenvalue weighted by Gasteiger charge is 2.03. The van der Waals surface area contributed by atoms with E-state index in [9.17, 15) is 4.39 Å². The van der Waals surface area contributed by atoms with Crippen molar-refractivity contribution in [2.45, 2.75) is 5.75 Å². The van der Waals surface area contributed by atoms with Gasteiger partial charge in [0.05, 0.1) is 11.2 Å². The maximum Gasteiger partial charge on any atom is 0.180 e. The molecule has 0 atom stereocenters. The fraction of sp³-hybridized carbons (Fsp3) is 0.0667. The van der Waals surface area contributed by atoms with Gasteiger partial charge < -0.3 is 5.73 Å². The summed E-state index contributed by atoms with van der Waals surface area (Å²) < 4.78 is 13.6. The van der Waals surface area contributed by atoms with Crippen molar-refractivity contribution in [1.82, 2.24) is 0 Å². The second-order valence-electron chi connectivity index (χ2n) is 4.10. The number of nitrogens with two attached hydrogens (primary N) is 1. The molecule has 2 aromatic carbocycles. The first-order chi connectivity index (χ1) is 10.2. The fourth-order valence-corrected chi connectivity index (χ4v) is 2.32. The lowest BCUT2D eigenvalue weighted by Crippen LogP contribution is -2.06. The summed E-state index contributed by atoms with van der Waals surface area (Å²) in [6.07, 6.45) is 1.29. The lowest BCUT2D eigenvalue weighted by atomic mass is 10.2. The van der Waals surface area contributed by atoms with Gasteiger partial charge in [-0.2, -0.15) is 5.10 Å². The summed E-state index contributed by atoms with van der Waals surface area (Å²) in [6, 6.07) is 14.6. The van der Waals surface area contributed by atoms with Gasteiger partial charge in [-0.25, -0.2) is 4.39 Å². The highest BCUT2D eigenvalue weighted by atomic mass is 35.5. The zero-order valence-corrected chi connectivity index (χ0v) is 12.6. The summed E-state index contributed by atoms with van der Waals surface area (Å²) >= 11 is 7.04. The van der Waals surface area contributed by atoms with Crippen LogP contribution in [0.5, 0.6) is 0 Å². The summed E-state index contributed by atoms with van der Waals surface area (Å²) in [5.41, 5.74) is 7.15. The van der Waals surface area contributed by atoms with Gasteiger partial charge in [0, 0.05) is 11.3 Å². The maximum atomic E-state index is 13.6. The van der Waals surface area contributed by atoms with Crippen LogP contribution in [-0.4, -0.2) is 11.4 Å². The van der Waals surface area contributed by atoms with E-state index >= 15 is 0 Å². The molecule has 0 aliphatic rings. The first-order valence-corrected chi connectivity index (χ1v) is 7.50. The van der Waals surface area contributed by atoms with E-state index in [-0.39, 0.29) is 10.6 Å². The van der Waals surface area contributed by atoms with Crippen molar-refractivity contribution >= 4 is 34.7 Å². The van der Waals surface area contributed by atoms with Crippen LogP contribution in [0.2, 0.25) is 5.02 Å². The van der Waals surface area contributed by atoms with Gasteiger partial charge in [-0.3, -0.25) is 0 Å². The van der Waals surface area contributed by atoms with Crippen molar-refractivity contribution in [1.29, 1.82) is 0 Å². The minimum absolute atomic E-state index is 0.0503. The van der Waals surface area contributed by atoms with Gasteiger partial charge in [0.25, 0.3) is 0 Å². The third-order valence-corrected chi connectivity index (χ3v) is 3.71. The molecule has 0 aliphatic heterocycles. The van der Waals surface area contributed by atoms with Crippen LogP contribution in [0.15, 0.2) is 58.7 Å². The average molecular weight is 322 g/mol. The summed E-state index contributed by atoms with van der Waals surface area (Å²) in [4.78, 5) is 0. The van der Waals surface area contributed by atoms with Gasteiger partial charge >= 0.3 is 0 Å². The molecule has 6 heteroatoms. The zero-order chi connectivity index (χ0) is 15.1. The number of thioether (sulfide) groups is 1. The zero-order valence-electron chi connectivity index (χ0n) is 11.0. The highest BCUT2D eigenvalue weighted by Crippen LogP contribution is 2.16. The van der Waals surface area contributed by atoms with Gasteiger partial charge in [0.15, 0.2) is 11.0 Å². The van der Waals surface area contributed by atoms with Gasteiger partial charge in [-0.1, -0.05) is 65.8 Å². The number of rotatable bonds is 4. The SMILES string of the molecule is NC(=NN=Cc1cccc(Cl)c1F)SCc1ccccc1. The van der Waals surface area contributed by atoms with Gasteiger partial charge in [0.2, 0.25) is 0 Å². The van der Waals surface area contributed by atoms with Crippen molar-refractivity contribution < 1.29 is 4.39 Å².